The molecule has 2 aliphatic heterocycles. The molecule has 2 amide bonds. The van der Waals surface area contributed by atoms with Gasteiger partial charge in [0.1, 0.15) is 0 Å². The van der Waals surface area contributed by atoms with Gasteiger partial charge in [0.15, 0.2) is 0 Å². The van der Waals surface area contributed by atoms with Crippen LogP contribution in [0.15, 0.2) is 30.3 Å². The van der Waals surface area contributed by atoms with Crippen LogP contribution in [0.2, 0.25) is 0 Å². The summed E-state index contributed by atoms with van der Waals surface area (Å²) in [6, 6.07) is 9.93. The third kappa shape index (κ3) is 5.32. The molecule has 1 aromatic carbocycles. The third-order valence-electron chi connectivity index (χ3n) is 6.21. The highest BCUT2D eigenvalue weighted by atomic mass is 16.2. The normalized spacial score (nSPS) is 21.0. The molecule has 0 bridgehead atoms. The third-order valence-corrected chi connectivity index (χ3v) is 6.21. The van der Waals surface area contributed by atoms with Crippen molar-refractivity contribution in [2.45, 2.75) is 52.1 Å². The molecular weight excluding hydrogens is 338 g/mol. The fourth-order valence-electron chi connectivity index (χ4n) is 4.13. The standard InChI is InChI=1S/C22H33N3O2/c1-17-8-12-25(13-9-17)22(27)18(2)24-14-10-20(11-15-24)21(26)23-16-19-6-4-3-5-7-19/h3-7,17-18,20H,8-16H2,1-2H3,(H,23,26). The number of carbonyl (C=O) groups excluding carboxylic acids is 2. The Balaban J connectivity index is 1.42. The molecule has 1 atom stereocenters. The number of nitrogens with one attached hydrogen (secondary N) is 1. The Bertz CT molecular complexity index is 618. The number of likely N-dealkylation sites (tertiary alicyclic amines) is 2. The first-order valence-corrected chi connectivity index (χ1v) is 10.4. The van der Waals surface area contributed by atoms with Crippen molar-refractivity contribution >= 4 is 11.8 Å². The van der Waals surface area contributed by atoms with Crippen molar-refractivity contribution in [3.8, 4) is 0 Å². The van der Waals surface area contributed by atoms with E-state index in [4.69, 9.17) is 0 Å². The highest BCUT2D eigenvalue weighted by Gasteiger charge is 2.32. The predicted octanol–water partition coefficient (Wildman–Crippen LogP) is 2.66. The van der Waals surface area contributed by atoms with Crippen LogP contribution in [0.5, 0.6) is 0 Å². The Morgan fingerprint density at radius 3 is 2.30 bits per heavy atom. The average Bonchev–Trinajstić information content (AvgIpc) is 2.72. The number of amides is 2. The molecule has 3 rings (SSSR count). The molecule has 0 spiro atoms. The lowest BCUT2D eigenvalue weighted by Gasteiger charge is -2.38. The molecule has 0 saturated carbocycles. The Morgan fingerprint density at radius 2 is 1.67 bits per heavy atom. The number of rotatable bonds is 5. The lowest BCUT2D eigenvalue weighted by molar-refractivity contribution is -0.138. The van der Waals surface area contributed by atoms with Crippen LogP contribution in [0, 0.1) is 11.8 Å². The SMILES string of the molecule is CC1CCN(C(=O)C(C)N2CCC(C(=O)NCc3ccccc3)CC2)CC1. The molecule has 27 heavy (non-hydrogen) atoms. The van der Waals surface area contributed by atoms with Crippen LogP contribution in [-0.4, -0.2) is 53.8 Å². The van der Waals surface area contributed by atoms with Crippen molar-refractivity contribution in [3.05, 3.63) is 35.9 Å². The van der Waals surface area contributed by atoms with E-state index in [0.717, 1.165) is 63.3 Å². The molecule has 5 nitrogen and oxygen atoms in total. The number of benzene rings is 1. The molecule has 1 aromatic rings. The average molecular weight is 372 g/mol. The summed E-state index contributed by atoms with van der Waals surface area (Å²) in [5, 5.41) is 3.06. The lowest BCUT2D eigenvalue weighted by atomic mass is 9.94. The zero-order chi connectivity index (χ0) is 19.2. The Hall–Kier alpha value is -1.88. The van der Waals surface area contributed by atoms with Gasteiger partial charge in [0.05, 0.1) is 6.04 Å². The fraction of sp³-hybridized carbons (Fsp3) is 0.636. The zero-order valence-electron chi connectivity index (χ0n) is 16.7. The van der Waals surface area contributed by atoms with Crippen molar-refractivity contribution in [2.24, 2.45) is 11.8 Å². The van der Waals surface area contributed by atoms with Gasteiger partial charge in [-0.05, 0) is 57.2 Å². The number of nitrogens with zero attached hydrogens (tertiary/aromatic N) is 2. The predicted molar refractivity (Wildman–Crippen MR) is 107 cm³/mol. The number of carbonyl (C=O) groups is 2. The topological polar surface area (TPSA) is 52.7 Å². The Morgan fingerprint density at radius 1 is 1.04 bits per heavy atom. The first-order chi connectivity index (χ1) is 13.0. The van der Waals surface area contributed by atoms with E-state index in [9.17, 15) is 9.59 Å². The van der Waals surface area contributed by atoms with Crippen LogP contribution in [0.4, 0.5) is 0 Å². The summed E-state index contributed by atoms with van der Waals surface area (Å²) in [4.78, 5) is 29.5. The van der Waals surface area contributed by atoms with Gasteiger partial charge in [-0.1, -0.05) is 37.3 Å². The highest BCUT2D eigenvalue weighted by molar-refractivity contribution is 5.82. The first-order valence-electron chi connectivity index (χ1n) is 10.4. The van der Waals surface area contributed by atoms with Crippen LogP contribution in [0.1, 0.15) is 45.1 Å². The molecule has 2 fully saturated rings. The maximum absolute atomic E-state index is 12.8. The summed E-state index contributed by atoms with van der Waals surface area (Å²) in [7, 11) is 0. The Labute approximate surface area is 163 Å². The van der Waals surface area contributed by atoms with Gasteiger partial charge in [0.2, 0.25) is 11.8 Å². The zero-order valence-corrected chi connectivity index (χ0v) is 16.7. The van der Waals surface area contributed by atoms with Gasteiger partial charge in [-0.3, -0.25) is 14.5 Å². The van der Waals surface area contributed by atoms with E-state index in [0.29, 0.717) is 6.54 Å². The summed E-state index contributed by atoms with van der Waals surface area (Å²) in [6.45, 7) is 8.30. The quantitative estimate of drug-likeness (QED) is 0.866. The van der Waals surface area contributed by atoms with Gasteiger partial charge in [-0.25, -0.2) is 0 Å². The van der Waals surface area contributed by atoms with Crippen molar-refractivity contribution in [1.82, 2.24) is 15.1 Å². The molecule has 0 radical (unpaired) electrons. The van der Waals surface area contributed by atoms with Crippen LogP contribution >= 0.6 is 0 Å². The van der Waals surface area contributed by atoms with Gasteiger partial charge in [-0.15, -0.1) is 0 Å². The molecule has 2 heterocycles. The van der Waals surface area contributed by atoms with Crippen LogP contribution in [-0.2, 0) is 16.1 Å². The Kier molecular flexibility index (Phi) is 6.89. The summed E-state index contributed by atoms with van der Waals surface area (Å²) in [5.74, 6) is 1.19. The second-order valence-electron chi connectivity index (χ2n) is 8.20. The molecule has 2 saturated heterocycles. The number of piperidine rings is 2. The van der Waals surface area contributed by atoms with Crippen molar-refractivity contribution in [2.75, 3.05) is 26.2 Å². The van der Waals surface area contributed by atoms with Crippen molar-refractivity contribution < 1.29 is 9.59 Å². The highest BCUT2D eigenvalue weighted by Crippen LogP contribution is 2.22. The molecular formula is C22H33N3O2. The van der Waals surface area contributed by atoms with Gasteiger partial charge in [-0.2, -0.15) is 0 Å². The monoisotopic (exact) mass is 371 g/mol. The van der Waals surface area contributed by atoms with Crippen LogP contribution in [0.3, 0.4) is 0 Å². The smallest absolute Gasteiger partial charge is 0.239 e. The van der Waals surface area contributed by atoms with E-state index in [1.165, 1.54) is 0 Å². The summed E-state index contributed by atoms with van der Waals surface area (Å²) in [6.07, 6.45) is 3.88. The minimum absolute atomic E-state index is 0.0584. The van der Waals surface area contributed by atoms with E-state index in [1.807, 2.05) is 42.2 Å². The second-order valence-corrected chi connectivity index (χ2v) is 8.20. The minimum Gasteiger partial charge on any atom is -0.352 e. The van der Waals surface area contributed by atoms with Gasteiger partial charge in [0.25, 0.3) is 0 Å². The van der Waals surface area contributed by atoms with E-state index < -0.39 is 0 Å². The molecule has 148 valence electrons. The van der Waals surface area contributed by atoms with Gasteiger partial charge < -0.3 is 10.2 Å². The van der Waals surface area contributed by atoms with E-state index in [-0.39, 0.29) is 23.8 Å². The van der Waals surface area contributed by atoms with Crippen LogP contribution in [0.25, 0.3) is 0 Å². The maximum Gasteiger partial charge on any atom is 0.239 e. The van der Waals surface area contributed by atoms with Crippen molar-refractivity contribution in [1.29, 1.82) is 0 Å². The second kappa shape index (κ2) is 9.36. The molecule has 1 N–H and O–H groups in total. The summed E-state index contributed by atoms with van der Waals surface area (Å²) in [5.41, 5.74) is 1.12. The van der Waals surface area contributed by atoms with E-state index in [2.05, 4.69) is 17.1 Å². The van der Waals surface area contributed by atoms with Gasteiger partial charge in [0, 0.05) is 25.6 Å². The minimum atomic E-state index is -0.0771. The fourth-order valence-corrected chi connectivity index (χ4v) is 4.13. The van der Waals surface area contributed by atoms with E-state index >= 15 is 0 Å². The van der Waals surface area contributed by atoms with Gasteiger partial charge >= 0.3 is 0 Å². The molecule has 2 aliphatic rings. The molecule has 5 heteroatoms. The summed E-state index contributed by atoms with van der Waals surface area (Å²) >= 11 is 0. The molecule has 0 aromatic heterocycles. The van der Waals surface area contributed by atoms with E-state index in [1.54, 1.807) is 0 Å². The lowest BCUT2D eigenvalue weighted by Crippen LogP contribution is -2.52. The van der Waals surface area contributed by atoms with Crippen LogP contribution < -0.4 is 5.32 Å². The number of hydrogen-bond donors (Lipinski definition) is 1. The number of hydrogen-bond acceptors (Lipinski definition) is 3. The first kappa shape index (κ1) is 19.9. The molecule has 0 aliphatic carbocycles. The largest absolute Gasteiger partial charge is 0.352 e. The summed E-state index contributed by atoms with van der Waals surface area (Å²) < 4.78 is 0. The maximum atomic E-state index is 12.8. The van der Waals surface area contributed by atoms with Crippen molar-refractivity contribution in [3.63, 3.8) is 0 Å². The molecule has 1 unspecified atom stereocenters.